The minimum absolute atomic E-state index is 0.181. The summed E-state index contributed by atoms with van der Waals surface area (Å²) >= 11 is 0. The van der Waals surface area contributed by atoms with Crippen molar-refractivity contribution < 1.29 is 14.3 Å². The van der Waals surface area contributed by atoms with E-state index in [0.717, 1.165) is 11.3 Å². The summed E-state index contributed by atoms with van der Waals surface area (Å²) in [6.07, 6.45) is 0. The highest BCUT2D eigenvalue weighted by atomic mass is 16.5. The Morgan fingerprint density at radius 2 is 1.87 bits per heavy atom. The molecule has 2 aromatic carbocycles. The molecule has 0 saturated carbocycles. The molecule has 0 saturated heterocycles. The van der Waals surface area contributed by atoms with Crippen LogP contribution in [0.5, 0.6) is 11.5 Å². The molecule has 23 heavy (non-hydrogen) atoms. The lowest BCUT2D eigenvalue weighted by Gasteiger charge is -2.20. The largest absolute Gasteiger partial charge is 0.497 e. The second-order valence-corrected chi connectivity index (χ2v) is 5.24. The molecule has 5 heteroatoms. The second-order valence-electron chi connectivity index (χ2n) is 5.24. The van der Waals surface area contributed by atoms with Crippen LogP contribution >= 0.6 is 0 Å². The zero-order valence-electron chi connectivity index (χ0n) is 12.9. The van der Waals surface area contributed by atoms with Gasteiger partial charge in [-0.25, -0.2) is 0 Å². The van der Waals surface area contributed by atoms with E-state index in [4.69, 9.17) is 9.47 Å². The first-order valence-corrected chi connectivity index (χ1v) is 7.20. The zero-order valence-corrected chi connectivity index (χ0v) is 12.9. The Morgan fingerprint density at radius 1 is 1.13 bits per heavy atom. The molecule has 1 unspecified atom stereocenters. The minimum atomic E-state index is -0.602. The van der Waals surface area contributed by atoms with Gasteiger partial charge in [-0.2, -0.15) is 5.26 Å². The molecule has 1 atom stereocenters. The van der Waals surface area contributed by atoms with E-state index in [1.807, 2.05) is 24.3 Å². The van der Waals surface area contributed by atoms with Crippen molar-refractivity contribution in [3.8, 4) is 17.6 Å². The van der Waals surface area contributed by atoms with Crippen LogP contribution in [0.4, 0.5) is 0 Å². The van der Waals surface area contributed by atoms with Crippen molar-refractivity contribution in [2.24, 2.45) is 0 Å². The molecular formula is C18H16N2O3. The van der Waals surface area contributed by atoms with Crippen molar-refractivity contribution in [2.45, 2.75) is 12.6 Å². The summed E-state index contributed by atoms with van der Waals surface area (Å²) < 4.78 is 10.4. The number of nitrogens with zero attached hydrogens (tertiary/aromatic N) is 2. The number of nitriles is 1. The van der Waals surface area contributed by atoms with Gasteiger partial charge in [0.25, 0.3) is 5.91 Å². The van der Waals surface area contributed by atoms with Crippen LogP contribution in [0.2, 0.25) is 0 Å². The van der Waals surface area contributed by atoms with Gasteiger partial charge < -0.3 is 14.4 Å². The van der Waals surface area contributed by atoms with Gasteiger partial charge in [-0.1, -0.05) is 24.3 Å². The molecule has 1 heterocycles. The van der Waals surface area contributed by atoms with Gasteiger partial charge in [0.15, 0.2) is 0 Å². The number of amides is 1. The predicted molar refractivity (Wildman–Crippen MR) is 84.2 cm³/mol. The van der Waals surface area contributed by atoms with Crippen molar-refractivity contribution in [2.75, 3.05) is 14.2 Å². The molecule has 0 bridgehead atoms. The standard InChI is InChI=1S/C18H16N2O3/c1-22-13-8-6-12(7-9-13)11-20-15(10-19)14-4-3-5-16(23-2)17(14)18(20)21/h3-9,15H,11H2,1-2H3. The molecule has 1 aliphatic rings. The van der Waals surface area contributed by atoms with Crippen LogP contribution in [-0.4, -0.2) is 25.0 Å². The quantitative estimate of drug-likeness (QED) is 0.871. The summed E-state index contributed by atoms with van der Waals surface area (Å²) in [7, 11) is 3.13. The molecule has 5 nitrogen and oxygen atoms in total. The summed E-state index contributed by atoms with van der Waals surface area (Å²) in [4.78, 5) is 14.3. The first-order chi connectivity index (χ1) is 11.2. The van der Waals surface area contributed by atoms with Gasteiger partial charge in [-0.3, -0.25) is 4.79 Å². The number of ether oxygens (including phenoxy) is 2. The minimum Gasteiger partial charge on any atom is -0.497 e. The highest BCUT2D eigenvalue weighted by molar-refractivity contribution is 6.02. The lowest BCUT2D eigenvalue weighted by molar-refractivity contribution is 0.0742. The van der Waals surface area contributed by atoms with Gasteiger partial charge >= 0.3 is 0 Å². The third kappa shape index (κ3) is 2.49. The fraction of sp³-hybridized carbons (Fsp3) is 0.222. The Bertz CT molecular complexity index is 778. The Labute approximate surface area is 134 Å². The Hall–Kier alpha value is -3.00. The number of benzene rings is 2. The molecule has 116 valence electrons. The molecule has 0 aromatic heterocycles. The normalized spacial score (nSPS) is 16.0. The lowest BCUT2D eigenvalue weighted by atomic mass is 10.0. The van der Waals surface area contributed by atoms with Crippen LogP contribution in [0.25, 0.3) is 0 Å². The molecule has 3 rings (SSSR count). The van der Waals surface area contributed by atoms with Crippen LogP contribution in [0, 0.1) is 11.3 Å². The third-order valence-corrected chi connectivity index (χ3v) is 3.99. The second kappa shape index (κ2) is 6.01. The van der Waals surface area contributed by atoms with Crippen molar-refractivity contribution in [1.29, 1.82) is 5.26 Å². The van der Waals surface area contributed by atoms with Gasteiger partial charge in [-0.05, 0) is 23.8 Å². The van der Waals surface area contributed by atoms with E-state index < -0.39 is 6.04 Å². The molecule has 1 amide bonds. The highest BCUT2D eigenvalue weighted by Gasteiger charge is 2.38. The summed E-state index contributed by atoms with van der Waals surface area (Å²) in [5, 5.41) is 9.52. The Kier molecular flexibility index (Phi) is 3.90. The van der Waals surface area contributed by atoms with Crippen LogP contribution in [0.1, 0.15) is 27.5 Å². The Morgan fingerprint density at radius 3 is 2.48 bits per heavy atom. The number of methoxy groups -OCH3 is 2. The summed E-state index contributed by atoms with van der Waals surface area (Å²) in [6.45, 7) is 0.360. The number of carbonyl (C=O) groups is 1. The molecule has 0 fully saturated rings. The topological polar surface area (TPSA) is 62.6 Å². The monoisotopic (exact) mass is 308 g/mol. The molecular weight excluding hydrogens is 292 g/mol. The van der Waals surface area contributed by atoms with E-state index in [0.29, 0.717) is 23.4 Å². The zero-order chi connectivity index (χ0) is 16.4. The summed E-state index contributed by atoms with van der Waals surface area (Å²) in [5.41, 5.74) is 2.12. The van der Waals surface area contributed by atoms with Crippen LogP contribution in [0.3, 0.4) is 0 Å². The third-order valence-electron chi connectivity index (χ3n) is 3.99. The summed E-state index contributed by atoms with van der Waals surface area (Å²) in [6, 6.07) is 14.4. The molecule has 1 aliphatic heterocycles. The van der Waals surface area contributed by atoms with Crippen LogP contribution in [0.15, 0.2) is 42.5 Å². The van der Waals surface area contributed by atoms with Crippen molar-refractivity contribution in [1.82, 2.24) is 4.90 Å². The fourth-order valence-corrected chi connectivity index (χ4v) is 2.83. The van der Waals surface area contributed by atoms with E-state index in [1.54, 1.807) is 30.2 Å². The number of hydrogen-bond acceptors (Lipinski definition) is 4. The molecule has 0 spiro atoms. The smallest absolute Gasteiger partial charge is 0.259 e. The number of hydrogen-bond donors (Lipinski definition) is 0. The first-order valence-electron chi connectivity index (χ1n) is 7.20. The average Bonchev–Trinajstić information content (AvgIpc) is 2.87. The van der Waals surface area contributed by atoms with E-state index in [1.165, 1.54) is 7.11 Å². The van der Waals surface area contributed by atoms with E-state index in [9.17, 15) is 10.1 Å². The van der Waals surface area contributed by atoms with E-state index in [2.05, 4.69) is 6.07 Å². The van der Waals surface area contributed by atoms with Crippen LogP contribution < -0.4 is 9.47 Å². The van der Waals surface area contributed by atoms with E-state index >= 15 is 0 Å². The molecule has 0 N–H and O–H groups in total. The molecule has 0 aliphatic carbocycles. The molecule has 0 radical (unpaired) electrons. The van der Waals surface area contributed by atoms with Crippen molar-refractivity contribution in [3.05, 3.63) is 59.2 Å². The van der Waals surface area contributed by atoms with Crippen molar-refractivity contribution in [3.63, 3.8) is 0 Å². The van der Waals surface area contributed by atoms with Crippen molar-refractivity contribution >= 4 is 5.91 Å². The summed E-state index contributed by atoms with van der Waals surface area (Å²) in [5.74, 6) is 1.08. The lowest BCUT2D eigenvalue weighted by Crippen LogP contribution is -2.26. The number of fused-ring (bicyclic) bond motifs is 1. The Balaban J connectivity index is 1.94. The fourth-order valence-electron chi connectivity index (χ4n) is 2.83. The maximum Gasteiger partial charge on any atom is 0.259 e. The number of carbonyl (C=O) groups excluding carboxylic acids is 1. The average molecular weight is 308 g/mol. The van der Waals surface area contributed by atoms with Crippen LogP contribution in [-0.2, 0) is 6.54 Å². The highest BCUT2D eigenvalue weighted by Crippen LogP contribution is 2.39. The maximum atomic E-state index is 12.7. The van der Waals surface area contributed by atoms with Gasteiger partial charge in [0.05, 0.1) is 25.9 Å². The first kappa shape index (κ1) is 14.9. The maximum absolute atomic E-state index is 12.7. The van der Waals surface area contributed by atoms with Gasteiger partial charge in [0.2, 0.25) is 0 Å². The SMILES string of the molecule is COc1ccc(CN2C(=O)c3c(OC)cccc3C2C#N)cc1. The van der Waals surface area contributed by atoms with Gasteiger partial charge in [-0.15, -0.1) is 0 Å². The van der Waals surface area contributed by atoms with Gasteiger partial charge in [0, 0.05) is 12.1 Å². The number of rotatable bonds is 4. The van der Waals surface area contributed by atoms with Gasteiger partial charge in [0.1, 0.15) is 17.5 Å². The van der Waals surface area contributed by atoms with E-state index in [-0.39, 0.29) is 5.91 Å². The molecule has 2 aromatic rings. The predicted octanol–water partition coefficient (Wildman–Crippen LogP) is 2.92.